The Morgan fingerprint density at radius 1 is 1.45 bits per heavy atom. The lowest BCUT2D eigenvalue weighted by Gasteiger charge is -2.27. The van der Waals surface area contributed by atoms with Crippen molar-refractivity contribution in [1.82, 2.24) is 4.90 Å². The van der Waals surface area contributed by atoms with E-state index in [0.717, 1.165) is 31.4 Å². The standard InChI is InChI=1S/C15H21FN2O.ClH/c1-11(10-17)15(19)18-8-2-3-14(18)9-12-4-6-13(16)7-5-12;/h4-7,11,14H,2-3,8-10,17H2,1H3;1H. The van der Waals surface area contributed by atoms with Gasteiger partial charge in [0.15, 0.2) is 0 Å². The molecule has 0 saturated carbocycles. The molecular weight excluding hydrogens is 279 g/mol. The number of nitrogens with two attached hydrogens (primary N) is 1. The minimum Gasteiger partial charge on any atom is -0.339 e. The van der Waals surface area contributed by atoms with Gasteiger partial charge in [-0.05, 0) is 37.0 Å². The van der Waals surface area contributed by atoms with Crippen LogP contribution in [0.5, 0.6) is 0 Å². The Balaban J connectivity index is 0.00000200. The summed E-state index contributed by atoms with van der Waals surface area (Å²) in [5.74, 6) is -0.194. The molecule has 1 aliphatic rings. The molecule has 1 heterocycles. The third-order valence-corrected chi connectivity index (χ3v) is 3.82. The number of nitrogens with zero attached hydrogens (tertiary/aromatic N) is 1. The molecule has 2 atom stereocenters. The van der Waals surface area contributed by atoms with Crippen LogP contribution in [-0.2, 0) is 11.2 Å². The predicted octanol–water partition coefficient (Wildman–Crippen LogP) is 2.38. The summed E-state index contributed by atoms with van der Waals surface area (Å²) in [7, 11) is 0. The van der Waals surface area contributed by atoms with E-state index in [-0.39, 0.29) is 36.1 Å². The summed E-state index contributed by atoms with van der Waals surface area (Å²) < 4.78 is 12.9. The highest BCUT2D eigenvalue weighted by atomic mass is 35.5. The first-order chi connectivity index (χ1) is 9.11. The second-order valence-corrected chi connectivity index (χ2v) is 5.30. The van der Waals surface area contributed by atoms with Gasteiger partial charge in [0.25, 0.3) is 0 Å². The summed E-state index contributed by atoms with van der Waals surface area (Å²) in [4.78, 5) is 14.2. The Kier molecular flexibility index (Phi) is 6.43. The van der Waals surface area contributed by atoms with Crippen LogP contribution in [0.25, 0.3) is 0 Å². The number of halogens is 2. The molecule has 1 aromatic rings. The van der Waals surface area contributed by atoms with Crippen LogP contribution >= 0.6 is 12.4 Å². The second-order valence-electron chi connectivity index (χ2n) is 5.30. The summed E-state index contributed by atoms with van der Waals surface area (Å²) >= 11 is 0. The van der Waals surface area contributed by atoms with E-state index in [0.29, 0.717) is 6.54 Å². The summed E-state index contributed by atoms with van der Waals surface area (Å²) in [6.07, 6.45) is 2.85. The highest BCUT2D eigenvalue weighted by Gasteiger charge is 2.30. The van der Waals surface area contributed by atoms with Gasteiger partial charge >= 0.3 is 0 Å². The molecule has 0 bridgehead atoms. The Hall–Kier alpha value is -1.13. The summed E-state index contributed by atoms with van der Waals surface area (Å²) in [6, 6.07) is 6.76. The quantitative estimate of drug-likeness (QED) is 0.928. The van der Waals surface area contributed by atoms with E-state index < -0.39 is 0 Å². The van der Waals surface area contributed by atoms with Crippen molar-refractivity contribution in [2.24, 2.45) is 11.7 Å². The van der Waals surface area contributed by atoms with E-state index in [4.69, 9.17) is 5.73 Å². The van der Waals surface area contributed by atoms with Crippen LogP contribution in [0.1, 0.15) is 25.3 Å². The average molecular weight is 301 g/mol. The lowest BCUT2D eigenvalue weighted by molar-refractivity contribution is -0.135. The Labute approximate surface area is 125 Å². The SMILES string of the molecule is CC(CN)C(=O)N1CCCC1Cc1ccc(F)cc1.Cl. The highest BCUT2D eigenvalue weighted by molar-refractivity contribution is 5.85. The van der Waals surface area contributed by atoms with Crippen LogP contribution < -0.4 is 5.73 Å². The van der Waals surface area contributed by atoms with Gasteiger partial charge in [0.1, 0.15) is 5.82 Å². The van der Waals surface area contributed by atoms with Crippen molar-refractivity contribution in [2.45, 2.75) is 32.2 Å². The predicted molar refractivity (Wildman–Crippen MR) is 80.3 cm³/mol. The Morgan fingerprint density at radius 3 is 2.70 bits per heavy atom. The molecule has 20 heavy (non-hydrogen) atoms. The number of hydrogen-bond donors (Lipinski definition) is 1. The number of carbonyl (C=O) groups excluding carboxylic acids is 1. The van der Waals surface area contributed by atoms with Gasteiger partial charge in [-0.3, -0.25) is 4.79 Å². The number of rotatable bonds is 4. The third-order valence-electron chi connectivity index (χ3n) is 3.82. The molecule has 0 spiro atoms. The lowest BCUT2D eigenvalue weighted by Crippen LogP contribution is -2.41. The molecule has 1 aliphatic heterocycles. The summed E-state index contributed by atoms with van der Waals surface area (Å²) in [6.45, 7) is 3.07. The molecule has 0 aliphatic carbocycles. The molecule has 2 rings (SSSR count). The number of benzene rings is 1. The van der Waals surface area contributed by atoms with Crippen molar-refractivity contribution in [3.8, 4) is 0 Å². The zero-order chi connectivity index (χ0) is 13.8. The zero-order valence-corrected chi connectivity index (χ0v) is 12.5. The monoisotopic (exact) mass is 300 g/mol. The summed E-state index contributed by atoms with van der Waals surface area (Å²) in [5.41, 5.74) is 6.64. The van der Waals surface area contributed by atoms with E-state index in [1.165, 1.54) is 12.1 Å². The van der Waals surface area contributed by atoms with Crippen LogP contribution in [0, 0.1) is 11.7 Å². The fourth-order valence-corrected chi connectivity index (χ4v) is 2.61. The number of hydrogen-bond acceptors (Lipinski definition) is 2. The van der Waals surface area contributed by atoms with Crippen LogP contribution in [-0.4, -0.2) is 29.9 Å². The maximum absolute atomic E-state index is 12.9. The minimum atomic E-state index is -0.222. The second kappa shape index (κ2) is 7.60. The van der Waals surface area contributed by atoms with Crippen molar-refractivity contribution in [1.29, 1.82) is 0 Å². The van der Waals surface area contributed by atoms with Crippen LogP contribution in [0.15, 0.2) is 24.3 Å². The minimum absolute atomic E-state index is 0. The first-order valence-corrected chi connectivity index (χ1v) is 6.87. The van der Waals surface area contributed by atoms with Gasteiger partial charge in [-0.25, -0.2) is 4.39 Å². The van der Waals surface area contributed by atoms with E-state index in [2.05, 4.69) is 0 Å². The van der Waals surface area contributed by atoms with Gasteiger partial charge in [0.2, 0.25) is 5.91 Å². The molecule has 3 nitrogen and oxygen atoms in total. The van der Waals surface area contributed by atoms with Crippen LogP contribution in [0.4, 0.5) is 4.39 Å². The molecule has 0 aromatic heterocycles. The van der Waals surface area contributed by atoms with Crippen molar-refractivity contribution in [3.63, 3.8) is 0 Å². The van der Waals surface area contributed by atoms with Crippen molar-refractivity contribution in [3.05, 3.63) is 35.6 Å². The maximum Gasteiger partial charge on any atom is 0.226 e. The number of carbonyl (C=O) groups is 1. The average Bonchev–Trinajstić information content (AvgIpc) is 2.87. The number of likely N-dealkylation sites (tertiary alicyclic amines) is 1. The van der Waals surface area contributed by atoms with Crippen LogP contribution in [0.2, 0.25) is 0 Å². The smallest absolute Gasteiger partial charge is 0.226 e. The van der Waals surface area contributed by atoms with Gasteiger partial charge in [0.05, 0.1) is 0 Å². The largest absolute Gasteiger partial charge is 0.339 e. The molecule has 2 unspecified atom stereocenters. The van der Waals surface area contributed by atoms with Crippen LogP contribution in [0.3, 0.4) is 0 Å². The Morgan fingerprint density at radius 2 is 2.10 bits per heavy atom. The molecule has 1 amide bonds. The first-order valence-electron chi connectivity index (χ1n) is 6.87. The van der Waals surface area contributed by atoms with Gasteiger partial charge in [-0.15, -0.1) is 12.4 Å². The van der Waals surface area contributed by atoms with Crippen molar-refractivity contribution < 1.29 is 9.18 Å². The van der Waals surface area contributed by atoms with Crippen molar-refractivity contribution in [2.75, 3.05) is 13.1 Å². The van der Waals surface area contributed by atoms with E-state index >= 15 is 0 Å². The normalized spacial score (nSPS) is 19.6. The molecular formula is C15H22ClFN2O. The van der Waals surface area contributed by atoms with E-state index in [1.54, 1.807) is 12.1 Å². The number of amides is 1. The molecule has 112 valence electrons. The van der Waals surface area contributed by atoms with Gasteiger partial charge < -0.3 is 10.6 Å². The third kappa shape index (κ3) is 3.93. The molecule has 2 N–H and O–H groups in total. The van der Waals surface area contributed by atoms with Gasteiger partial charge in [0, 0.05) is 25.0 Å². The molecule has 1 fully saturated rings. The van der Waals surface area contributed by atoms with Gasteiger partial charge in [-0.1, -0.05) is 19.1 Å². The highest BCUT2D eigenvalue weighted by Crippen LogP contribution is 2.23. The Bertz CT molecular complexity index is 438. The van der Waals surface area contributed by atoms with Gasteiger partial charge in [-0.2, -0.15) is 0 Å². The topological polar surface area (TPSA) is 46.3 Å². The molecule has 1 saturated heterocycles. The molecule has 0 radical (unpaired) electrons. The molecule has 1 aromatic carbocycles. The van der Waals surface area contributed by atoms with E-state index in [9.17, 15) is 9.18 Å². The maximum atomic E-state index is 12.9. The van der Waals surface area contributed by atoms with E-state index in [1.807, 2.05) is 11.8 Å². The summed E-state index contributed by atoms with van der Waals surface area (Å²) in [5, 5.41) is 0. The zero-order valence-electron chi connectivity index (χ0n) is 11.7. The van der Waals surface area contributed by atoms with Crippen molar-refractivity contribution >= 4 is 18.3 Å². The first kappa shape index (κ1) is 16.9. The molecule has 5 heteroatoms. The lowest BCUT2D eigenvalue weighted by atomic mass is 10.0. The fourth-order valence-electron chi connectivity index (χ4n) is 2.61. The fraction of sp³-hybridized carbons (Fsp3) is 0.533.